The largest absolute Gasteiger partial charge is 0.451 e. The summed E-state index contributed by atoms with van der Waals surface area (Å²) in [7, 11) is 0. The van der Waals surface area contributed by atoms with Gasteiger partial charge in [-0.1, -0.05) is 4.49 Å². The summed E-state index contributed by atoms with van der Waals surface area (Å²) >= 11 is 1.10. The monoisotopic (exact) mass is 260 g/mol. The maximum absolute atomic E-state index is 11.9. The van der Waals surface area contributed by atoms with Gasteiger partial charge in [-0.15, -0.1) is 5.10 Å². The summed E-state index contributed by atoms with van der Waals surface area (Å²) in [5.74, 6) is -0.111. The maximum atomic E-state index is 11.9. The van der Waals surface area contributed by atoms with Crippen LogP contribution in [0.15, 0.2) is 34.9 Å². The Labute approximate surface area is 106 Å². The number of nitrogen functional groups attached to an aromatic ring is 1. The second-order valence-corrected chi connectivity index (χ2v) is 4.43. The molecule has 3 rings (SSSR count). The summed E-state index contributed by atoms with van der Waals surface area (Å²) in [5, 5.41) is 7.64. The van der Waals surface area contributed by atoms with E-state index in [0.717, 1.165) is 16.9 Å². The van der Waals surface area contributed by atoms with Crippen molar-refractivity contribution in [3.63, 3.8) is 0 Å². The van der Waals surface area contributed by atoms with E-state index in [1.165, 1.54) is 6.20 Å². The van der Waals surface area contributed by atoms with Gasteiger partial charge in [-0.2, -0.15) is 0 Å². The van der Waals surface area contributed by atoms with Crippen LogP contribution in [-0.2, 0) is 0 Å². The van der Waals surface area contributed by atoms with E-state index in [-0.39, 0.29) is 11.7 Å². The lowest BCUT2D eigenvalue weighted by atomic mass is 10.2. The number of carbonyl (C=O) groups is 1. The van der Waals surface area contributed by atoms with Gasteiger partial charge in [-0.3, -0.25) is 4.79 Å². The zero-order valence-corrected chi connectivity index (χ0v) is 9.90. The number of aromatic nitrogens is 2. The van der Waals surface area contributed by atoms with Gasteiger partial charge in [0.2, 0.25) is 0 Å². The number of anilines is 2. The fraction of sp³-hybridized carbons (Fsp3) is 0. The number of nitrogens with one attached hydrogen (secondary N) is 1. The van der Waals surface area contributed by atoms with Crippen LogP contribution in [0, 0.1) is 0 Å². The molecule has 6 nitrogen and oxygen atoms in total. The fourth-order valence-electron chi connectivity index (χ4n) is 1.57. The van der Waals surface area contributed by atoms with Crippen LogP contribution in [-0.4, -0.2) is 15.5 Å². The summed E-state index contributed by atoms with van der Waals surface area (Å²) in [6.07, 6.45) is 1.48. The normalized spacial score (nSPS) is 10.7. The van der Waals surface area contributed by atoms with Gasteiger partial charge in [0.15, 0.2) is 5.76 Å². The molecule has 1 amide bonds. The minimum absolute atomic E-state index is 0.226. The van der Waals surface area contributed by atoms with E-state index < -0.39 is 0 Å². The second kappa shape index (κ2) is 4.11. The second-order valence-electron chi connectivity index (χ2n) is 3.64. The first kappa shape index (κ1) is 10.7. The lowest BCUT2D eigenvalue weighted by molar-refractivity contribution is 0.0999. The number of rotatable bonds is 2. The Bertz CT molecular complexity index is 705. The van der Waals surface area contributed by atoms with Gasteiger partial charge in [0.1, 0.15) is 10.6 Å². The Morgan fingerprint density at radius 2 is 2.28 bits per heavy atom. The molecule has 0 aliphatic rings. The third-order valence-electron chi connectivity index (χ3n) is 2.36. The van der Waals surface area contributed by atoms with Crippen LogP contribution in [0.2, 0.25) is 0 Å². The van der Waals surface area contributed by atoms with Crippen LogP contribution < -0.4 is 11.1 Å². The van der Waals surface area contributed by atoms with Crippen molar-refractivity contribution in [1.29, 1.82) is 0 Å². The van der Waals surface area contributed by atoms with Gasteiger partial charge in [0.05, 0.1) is 6.20 Å². The van der Waals surface area contributed by atoms with Crippen LogP contribution in [0.25, 0.3) is 11.0 Å². The number of fused-ring (bicyclic) bond motifs is 1. The van der Waals surface area contributed by atoms with Crippen molar-refractivity contribution < 1.29 is 9.21 Å². The Kier molecular flexibility index (Phi) is 2.45. The molecule has 0 fully saturated rings. The van der Waals surface area contributed by atoms with E-state index in [9.17, 15) is 4.79 Å². The van der Waals surface area contributed by atoms with E-state index in [1.54, 1.807) is 24.3 Å². The topological polar surface area (TPSA) is 94.0 Å². The first-order valence-electron chi connectivity index (χ1n) is 5.10. The van der Waals surface area contributed by atoms with Crippen LogP contribution >= 0.6 is 11.5 Å². The predicted molar refractivity (Wildman–Crippen MR) is 68.5 cm³/mol. The molecule has 0 saturated carbocycles. The van der Waals surface area contributed by atoms with Crippen molar-refractivity contribution in [2.24, 2.45) is 0 Å². The van der Waals surface area contributed by atoms with Crippen LogP contribution in [0.3, 0.4) is 0 Å². The number of nitrogens with zero attached hydrogens (tertiary/aromatic N) is 2. The highest BCUT2D eigenvalue weighted by molar-refractivity contribution is 7.10. The summed E-state index contributed by atoms with van der Waals surface area (Å²) in [6, 6.07) is 6.86. The van der Waals surface area contributed by atoms with Gasteiger partial charge in [0, 0.05) is 22.6 Å². The molecule has 18 heavy (non-hydrogen) atoms. The highest BCUT2D eigenvalue weighted by Crippen LogP contribution is 2.22. The van der Waals surface area contributed by atoms with Crippen LogP contribution in [0.5, 0.6) is 0 Å². The Hall–Kier alpha value is -2.41. The molecule has 0 atom stereocenters. The molecule has 0 aliphatic heterocycles. The number of benzene rings is 1. The average molecular weight is 260 g/mol. The summed E-state index contributed by atoms with van der Waals surface area (Å²) < 4.78 is 9.08. The highest BCUT2D eigenvalue weighted by Gasteiger charge is 2.13. The van der Waals surface area contributed by atoms with Gasteiger partial charge < -0.3 is 15.5 Å². The molecular weight excluding hydrogens is 252 g/mol. The average Bonchev–Trinajstić information content (AvgIpc) is 2.96. The number of furan rings is 1. The number of hydrogen-bond donors (Lipinski definition) is 2. The van der Waals surface area contributed by atoms with Gasteiger partial charge in [-0.05, 0) is 24.3 Å². The van der Waals surface area contributed by atoms with Crippen molar-refractivity contribution >= 4 is 39.1 Å². The van der Waals surface area contributed by atoms with Gasteiger partial charge in [0.25, 0.3) is 5.91 Å². The Balaban J connectivity index is 1.92. The smallest absolute Gasteiger partial charge is 0.292 e. The molecule has 2 heterocycles. The predicted octanol–water partition coefficient (Wildman–Crippen LogP) is 2.12. The molecule has 3 aromatic rings. The lowest BCUT2D eigenvalue weighted by Crippen LogP contribution is -2.09. The molecule has 0 radical (unpaired) electrons. The molecular formula is C11H8N4O2S. The molecule has 90 valence electrons. The first-order valence-corrected chi connectivity index (χ1v) is 5.87. The third-order valence-corrected chi connectivity index (χ3v) is 2.94. The SMILES string of the molecule is Nc1ccc2oc(C(=O)Nc3cnns3)cc2c1. The van der Waals surface area contributed by atoms with Crippen molar-refractivity contribution in [1.82, 2.24) is 9.59 Å². The Morgan fingerprint density at radius 3 is 3.06 bits per heavy atom. The summed E-state index contributed by atoms with van der Waals surface area (Å²) in [6.45, 7) is 0. The van der Waals surface area contributed by atoms with Crippen molar-refractivity contribution in [2.75, 3.05) is 11.1 Å². The number of carbonyl (C=O) groups excluding carboxylic acids is 1. The maximum Gasteiger partial charge on any atom is 0.292 e. The van der Waals surface area contributed by atoms with Gasteiger partial charge in [-0.25, -0.2) is 0 Å². The van der Waals surface area contributed by atoms with E-state index in [1.807, 2.05) is 0 Å². The fourth-order valence-corrected chi connectivity index (χ4v) is 1.98. The highest BCUT2D eigenvalue weighted by atomic mass is 32.1. The minimum atomic E-state index is -0.337. The zero-order valence-electron chi connectivity index (χ0n) is 9.08. The summed E-state index contributed by atoms with van der Waals surface area (Å²) in [4.78, 5) is 11.9. The zero-order chi connectivity index (χ0) is 12.5. The Morgan fingerprint density at radius 1 is 1.39 bits per heavy atom. The molecule has 3 N–H and O–H groups in total. The van der Waals surface area contributed by atoms with Crippen LogP contribution in [0.1, 0.15) is 10.6 Å². The molecule has 0 aliphatic carbocycles. The summed E-state index contributed by atoms with van der Waals surface area (Å²) in [5.41, 5.74) is 6.91. The quantitative estimate of drug-likeness (QED) is 0.688. The number of hydrogen-bond acceptors (Lipinski definition) is 6. The minimum Gasteiger partial charge on any atom is -0.451 e. The van der Waals surface area contributed by atoms with Gasteiger partial charge >= 0.3 is 0 Å². The van der Waals surface area contributed by atoms with E-state index in [4.69, 9.17) is 10.2 Å². The van der Waals surface area contributed by atoms with E-state index >= 15 is 0 Å². The standard InChI is InChI=1S/C11H8N4O2S/c12-7-1-2-8-6(3-7)4-9(17-8)11(16)14-10-5-13-15-18-10/h1-5H,12H2,(H,14,16). The molecule has 0 saturated heterocycles. The molecule has 2 aromatic heterocycles. The van der Waals surface area contributed by atoms with E-state index in [0.29, 0.717) is 16.3 Å². The first-order chi connectivity index (χ1) is 8.72. The van der Waals surface area contributed by atoms with E-state index in [2.05, 4.69) is 14.9 Å². The van der Waals surface area contributed by atoms with Crippen molar-refractivity contribution in [2.45, 2.75) is 0 Å². The van der Waals surface area contributed by atoms with Crippen LogP contribution in [0.4, 0.5) is 10.7 Å². The van der Waals surface area contributed by atoms with Crippen molar-refractivity contribution in [3.8, 4) is 0 Å². The molecule has 0 bridgehead atoms. The van der Waals surface area contributed by atoms with Crippen molar-refractivity contribution in [3.05, 3.63) is 36.2 Å². The lowest BCUT2D eigenvalue weighted by Gasteiger charge is -1.95. The molecule has 1 aromatic carbocycles. The molecule has 0 unspecified atom stereocenters. The number of amides is 1. The molecule has 0 spiro atoms. The molecule has 7 heteroatoms. The third kappa shape index (κ3) is 1.91. The number of nitrogens with two attached hydrogens (primary N) is 1.